The van der Waals surface area contributed by atoms with E-state index in [1.54, 1.807) is 0 Å². The number of carbonyl (C=O) groups is 1. The van der Waals surface area contributed by atoms with Crippen molar-refractivity contribution in [3.8, 4) is 0 Å². The Labute approximate surface area is 156 Å². The molecule has 4 nitrogen and oxygen atoms in total. The summed E-state index contributed by atoms with van der Waals surface area (Å²) in [5, 5.41) is 0. The second-order valence-electron chi connectivity index (χ2n) is 10.1. The van der Waals surface area contributed by atoms with Crippen molar-refractivity contribution in [2.75, 3.05) is 26.7 Å². The van der Waals surface area contributed by atoms with E-state index in [0.29, 0.717) is 29.0 Å². The minimum atomic E-state index is -0.315. The van der Waals surface area contributed by atoms with Crippen LogP contribution >= 0.6 is 0 Å². The van der Waals surface area contributed by atoms with Crippen LogP contribution in [-0.4, -0.2) is 49.3 Å². The average molecular weight is 356 g/mol. The van der Waals surface area contributed by atoms with Gasteiger partial charge in [0, 0.05) is 23.5 Å². The number of nitrogens with two attached hydrogens (primary N) is 1. The van der Waals surface area contributed by atoms with E-state index in [1.165, 1.54) is 36.9 Å². The van der Waals surface area contributed by atoms with Gasteiger partial charge in [-0.05, 0) is 48.9 Å². The van der Waals surface area contributed by atoms with Gasteiger partial charge in [0.05, 0.1) is 19.0 Å². The van der Waals surface area contributed by atoms with Crippen LogP contribution in [0.5, 0.6) is 0 Å². The summed E-state index contributed by atoms with van der Waals surface area (Å²) in [6, 6.07) is 6.88. The normalized spacial score (nSPS) is 45.7. The second-order valence-corrected chi connectivity index (χ2v) is 10.1. The molecular formula is C22H31N2O2+. The number of amides is 1. The molecule has 1 aromatic carbocycles. The van der Waals surface area contributed by atoms with Gasteiger partial charge in [0.15, 0.2) is 0 Å². The molecule has 4 aliphatic rings. The van der Waals surface area contributed by atoms with Gasteiger partial charge in [-0.1, -0.05) is 19.9 Å². The molecule has 0 radical (unpaired) electrons. The zero-order valence-electron chi connectivity index (χ0n) is 16.3. The third-order valence-electron chi connectivity index (χ3n) is 8.37. The first-order valence-electron chi connectivity index (χ1n) is 10.2. The molecule has 0 aromatic heterocycles. The molecule has 2 saturated heterocycles. The lowest BCUT2D eigenvalue weighted by Gasteiger charge is -2.61. The molecule has 2 bridgehead atoms. The Morgan fingerprint density at radius 2 is 2.23 bits per heavy atom. The molecule has 2 heterocycles. The Hall–Kier alpha value is -1.39. The third-order valence-corrected chi connectivity index (χ3v) is 8.37. The fraction of sp³-hybridized carbons (Fsp3) is 0.682. The van der Waals surface area contributed by atoms with Gasteiger partial charge < -0.3 is 15.0 Å². The Morgan fingerprint density at radius 3 is 2.92 bits per heavy atom. The fourth-order valence-corrected chi connectivity index (χ4v) is 7.72. The van der Waals surface area contributed by atoms with Crippen molar-refractivity contribution in [1.82, 2.24) is 0 Å². The average Bonchev–Trinajstić information content (AvgIpc) is 3.10. The van der Waals surface area contributed by atoms with E-state index in [9.17, 15) is 4.79 Å². The lowest BCUT2D eigenvalue weighted by molar-refractivity contribution is -0.997. The standard InChI is InChI=1S/C22H30N2O2/c1-14-19-22(13-24(19,3)11-17-5-4-8-26-17)10-16-7-6-15(20(23)25)9-18(16)21(14,2)12-22/h6-7,9,14,17,19H,4-5,8,10-13H2,1-3H3,(H-,23,25)/p+1/t14-,17-,19-,21-,22?,24?/m0/s1. The third kappa shape index (κ3) is 2.00. The summed E-state index contributed by atoms with van der Waals surface area (Å²) in [6.45, 7) is 8.25. The SMILES string of the molecule is C[C@H]1[C@H]2C3(Cc4ccc(C(N)=O)cc4[C@@]1(C)C3)C[N+]2(C)C[C@@H]1CCCO1. The van der Waals surface area contributed by atoms with Gasteiger partial charge in [-0.2, -0.15) is 0 Å². The van der Waals surface area contributed by atoms with Crippen LogP contribution in [-0.2, 0) is 16.6 Å². The quantitative estimate of drug-likeness (QED) is 0.848. The second kappa shape index (κ2) is 5.11. The number of hydrogen-bond acceptors (Lipinski definition) is 2. The summed E-state index contributed by atoms with van der Waals surface area (Å²) >= 11 is 0. The Kier molecular flexibility index (Phi) is 3.29. The highest BCUT2D eigenvalue weighted by atomic mass is 16.5. The van der Waals surface area contributed by atoms with E-state index < -0.39 is 0 Å². The molecule has 1 spiro atoms. The largest absolute Gasteiger partial charge is 0.372 e. The molecule has 4 heteroatoms. The molecule has 2 aliphatic carbocycles. The van der Waals surface area contributed by atoms with Crippen LogP contribution < -0.4 is 5.73 Å². The number of quaternary nitrogens is 1. The highest BCUT2D eigenvalue weighted by Crippen LogP contribution is 2.68. The van der Waals surface area contributed by atoms with E-state index in [2.05, 4.69) is 33.0 Å². The zero-order valence-corrected chi connectivity index (χ0v) is 16.3. The Morgan fingerprint density at radius 1 is 1.42 bits per heavy atom. The first-order chi connectivity index (χ1) is 12.3. The van der Waals surface area contributed by atoms with Crippen LogP contribution in [0, 0.1) is 11.3 Å². The first kappa shape index (κ1) is 16.8. The highest BCUT2D eigenvalue weighted by molar-refractivity contribution is 5.93. The van der Waals surface area contributed by atoms with Gasteiger partial charge >= 0.3 is 0 Å². The molecule has 3 fully saturated rings. The van der Waals surface area contributed by atoms with Gasteiger partial charge in [0.1, 0.15) is 18.7 Å². The summed E-state index contributed by atoms with van der Waals surface area (Å²) in [5.41, 5.74) is 9.63. The van der Waals surface area contributed by atoms with Crippen molar-refractivity contribution in [3.05, 3.63) is 34.9 Å². The predicted octanol–water partition coefficient (Wildman–Crippen LogP) is 2.63. The maximum absolute atomic E-state index is 11.7. The fourth-order valence-electron chi connectivity index (χ4n) is 7.72. The van der Waals surface area contributed by atoms with E-state index >= 15 is 0 Å². The Balaban J connectivity index is 1.52. The Bertz CT molecular complexity index is 786. The zero-order chi connectivity index (χ0) is 18.3. The molecule has 1 amide bonds. The molecule has 1 saturated carbocycles. The molecule has 2 aliphatic heterocycles. The predicted molar refractivity (Wildman–Crippen MR) is 101 cm³/mol. The van der Waals surface area contributed by atoms with Gasteiger partial charge in [0.25, 0.3) is 0 Å². The molecular weight excluding hydrogens is 324 g/mol. The topological polar surface area (TPSA) is 52.3 Å². The van der Waals surface area contributed by atoms with Crippen molar-refractivity contribution in [1.29, 1.82) is 0 Å². The van der Waals surface area contributed by atoms with Gasteiger partial charge in [0.2, 0.25) is 5.91 Å². The summed E-state index contributed by atoms with van der Waals surface area (Å²) in [5.74, 6) is 0.288. The first-order valence-corrected chi connectivity index (χ1v) is 10.2. The van der Waals surface area contributed by atoms with Crippen molar-refractivity contribution >= 4 is 5.91 Å². The summed E-state index contributed by atoms with van der Waals surface area (Å²) < 4.78 is 7.14. The van der Waals surface area contributed by atoms with Crippen molar-refractivity contribution in [2.24, 2.45) is 17.1 Å². The van der Waals surface area contributed by atoms with Crippen LogP contribution in [0.1, 0.15) is 54.6 Å². The number of hydrogen-bond donors (Lipinski definition) is 1. The van der Waals surface area contributed by atoms with E-state index in [-0.39, 0.29) is 11.3 Å². The number of primary amides is 1. The minimum absolute atomic E-state index is 0.149. The van der Waals surface area contributed by atoms with Crippen molar-refractivity contribution in [2.45, 2.75) is 57.1 Å². The lowest BCUT2D eigenvalue weighted by Crippen LogP contribution is -2.76. The van der Waals surface area contributed by atoms with Gasteiger partial charge in [-0.3, -0.25) is 4.79 Å². The number of ether oxygens (including phenoxy) is 1. The van der Waals surface area contributed by atoms with Crippen LogP contribution in [0.2, 0.25) is 0 Å². The van der Waals surface area contributed by atoms with Gasteiger partial charge in [-0.15, -0.1) is 0 Å². The number of likely N-dealkylation sites (tertiary alicyclic amines) is 1. The molecule has 6 atom stereocenters. The summed E-state index contributed by atoms with van der Waals surface area (Å²) in [4.78, 5) is 11.7. The number of rotatable bonds is 3. The number of fused-ring (bicyclic) bond motifs is 3. The number of benzene rings is 1. The van der Waals surface area contributed by atoms with E-state index in [1.807, 2.05) is 6.07 Å². The maximum atomic E-state index is 11.7. The van der Waals surface area contributed by atoms with Crippen LogP contribution in [0.15, 0.2) is 18.2 Å². The van der Waals surface area contributed by atoms with Crippen LogP contribution in [0.4, 0.5) is 0 Å². The maximum Gasteiger partial charge on any atom is 0.248 e. The lowest BCUT2D eigenvalue weighted by atomic mass is 9.62. The molecule has 5 rings (SSSR count). The molecule has 26 heavy (non-hydrogen) atoms. The molecule has 1 aromatic rings. The number of carbonyl (C=O) groups excluding carboxylic acids is 1. The monoisotopic (exact) mass is 355 g/mol. The number of likely N-dealkylation sites (N-methyl/N-ethyl adjacent to an activating group) is 1. The van der Waals surface area contributed by atoms with E-state index in [0.717, 1.165) is 24.1 Å². The smallest absolute Gasteiger partial charge is 0.248 e. The highest BCUT2D eigenvalue weighted by Gasteiger charge is 2.75. The van der Waals surface area contributed by atoms with E-state index in [4.69, 9.17) is 10.5 Å². The van der Waals surface area contributed by atoms with Crippen LogP contribution in [0.3, 0.4) is 0 Å². The number of nitrogens with zero attached hydrogens (tertiary/aromatic N) is 1. The van der Waals surface area contributed by atoms with Gasteiger partial charge in [-0.25, -0.2) is 0 Å². The molecule has 2 N–H and O–H groups in total. The van der Waals surface area contributed by atoms with Crippen molar-refractivity contribution < 1.29 is 14.0 Å². The summed E-state index contributed by atoms with van der Waals surface area (Å²) in [7, 11) is 2.46. The minimum Gasteiger partial charge on any atom is -0.372 e. The molecule has 140 valence electrons. The van der Waals surface area contributed by atoms with Crippen LogP contribution in [0.25, 0.3) is 0 Å². The van der Waals surface area contributed by atoms with Crippen molar-refractivity contribution in [3.63, 3.8) is 0 Å². The molecule has 2 unspecified atom stereocenters. The summed E-state index contributed by atoms with van der Waals surface area (Å²) in [6.07, 6.45) is 5.30.